The Bertz CT molecular complexity index is 527. The van der Waals surface area contributed by atoms with E-state index in [1.165, 1.54) is 77.0 Å². The molecule has 0 atom stereocenters. The van der Waals surface area contributed by atoms with Crippen LogP contribution in [0.1, 0.15) is 110 Å². The number of carboxylic acid groups (broad SMARTS) is 2. The second kappa shape index (κ2) is 31.5. The molecule has 10 heteroatoms. The molecule has 0 aliphatic carbocycles. The van der Waals surface area contributed by atoms with Gasteiger partial charge in [-0.1, -0.05) is 96.8 Å². The number of carbonyl (C=O) groups excluding carboxylic acids is 3. The van der Waals surface area contributed by atoms with Crippen molar-refractivity contribution < 1.29 is 88.4 Å². The van der Waals surface area contributed by atoms with Gasteiger partial charge in [0, 0.05) is 32.6 Å². The molecule has 0 unspecified atom stereocenters. The number of rotatable bonds is 26. The monoisotopic (exact) mass is 530 g/mol. The second-order valence-corrected chi connectivity index (χ2v) is 9.12. The average Bonchev–Trinajstić information content (AvgIpc) is 2.78. The average molecular weight is 531 g/mol. The van der Waals surface area contributed by atoms with Crippen molar-refractivity contribution in [3.05, 3.63) is 0 Å². The number of carbonyl (C=O) groups is 3. The van der Waals surface area contributed by atoms with Crippen molar-refractivity contribution in [3.63, 3.8) is 0 Å². The Balaban J connectivity index is -0.00000544. The molecule has 1 amide bonds. The molecule has 0 bridgehead atoms. The van der Waals surface area contributed by atoms with Gasteiger partial charge in [-0.2, -0.15) is 0 Å². The van der Waals surface area contributed by atoms with Gasteiger partial charge in [0.15, 0.2) is 0 Å². The third-order valence-electron chi connectivity index (χ3n) is 5.88. The van der Waals surface area contributed by atoms with Crippen LogP contribution in [-0.4, -0.2) is 62.1 Å². The number of aliphatic carboxylic acids is 2. The van der Waals surface area contributed by atoms with Gasteiger partial charge in [0.2, 0.25) is 5.91 Å². The molecule has 0 aliphatic heterocycles. The minimum absolute atomic E-state index is 0. The fourth-order valence-electron chi connectivity index (χ4n) is 3.90. The summed E-state index contributed by atoms with van der Waals surface area (Å²) >= 11 is 0. The van der Waals surface area contributed by atoms with Crippen molar-refractivity contribution in [2.45, 2.75) is 110 Å². The van der Waals surface area contributed by atoms with E-state index < -0.39 is 18.5 Å². The molecule has 0 fully saturated rings. The molecule has 8 nitrogen and oxygen atoms in total. The number of amides is 1. The molecule has 0 radical (unpaired) electrons. The van der Waals surface area contributed by atoms with E-state index in [-0.39, 0.29) is 84.7 Å². The van der Waals surface area contributed by atoms with Gasteiger partial charge in [-0.25, -0.2) is 0 Å². The summed E-state index contributed by atoms with van der Waals surface area (Å²) in [5.74, 6) is -2.59. The number of ether oxygens (including phenoxy) is 1. The van der Waals surface area contributed by atoms with Crippen LogP contribution >= 0.6 is 0 Å². The van der Waals surface area contributed by atoms with E-state index in [1.54, 1.807) is 4.90 Å². The smallest absolute Gasteiger partial charge is 0.549 e. The van der Waals surface area contributed by atoms with E-state index in [2.05, 4.69) is 12.2 Å². The predicted molar refractivity (Wildman–Crippen MR) is 130 cm³/mol. The third-order valence-corrected chi connectivity index (χ3v) is 5.88. The van der Waals surface area contributed by atoms with Crippen molar-refractivity contribution in [1.82, 2.24) is 10.2 Å². The summed E-state index contributed by atoms with van der Waals surface area (Å²) in [6, 6.07) is 0. The van der Waals surface area contributed by atoms with Gasteiger partial charge >= 0.3 is 59.1 Å². The van der Waals surface area contributed by atoms with Crippen LogP contribution in [0.5, 0.6) is 0 Å². The van der Waals surface area contributed by atoms with Gasteiger partial charge in [0.1, 0.15) is 0 Å². The van der Waals surface area contributed by atoms with Crippen LogP contribution in [0.4, 0.5) is 0 Å². The number of carboxylic acids is 2. The molecule has 0 heterocycles. The standard InChI is InChI=1S/C26H50N2O6.2Na/c1-2-3-4-5-6-7-8-9-10-11-12-13-14-15-16-17-24(29)27-18-19-28(22-25(30)31)20-21-34-23-26(32)33;;/h2-23H2,1H3,(H,27,29)(H,30,31)(H,32,33);;/q;2*+1/p-2. The van der Waals surface area contributed by atoms with Crippen molar-refractivity contribution in [1.29, 1.82) is 0 Å². The molecule has 0 rings (SSSR count). The van der Waals surface area contributed by atoms with Gasteiger partial charge < -0.3 is 29.9 Å². The maximum absolute atomic E-state index is 12.0. The summed E-state index contributed by atoms with van der Waals surface area (Å²) in [5.41, 5.74) is 0. The molecular weight excluding hydrogens is 482 g/mol. The van der Waals surface area contributed by atoms with E-state index in [1.807, 2.05) is 0 Å². The van der Waals surface area contributed by atoms with Crippen LogP contribution in [0, 0.1) is 0 Å². The van der Waals surface area contributed by atoms with Crippen LogP contribution in [0.25, 0.3) is 0 Å². The van der Waals surface area contributed by atoms with E-state index in [9.17, 15) is 24.6 Å². The normalized spacial score (nSPS) is 10.5. The number of hydrogen-bond donors (Lipinski definition) is 1. The molecule has 0 aromatic heterocycles. The Morgan fingerprint density at radius 3 is 1.61 bits per heavy atom. The number of nitrogens with zero attached hydrogens (tertiary/aromatic N) is 1. The Morgan fingerprint density at radius 1 is 0.694 bits per heavy atom. The first-order chi connectivity index (χ1) is 16.5. The van der Waals surface area contributed by atoms with Crippen LogP contribution < -0.4 is 74.6 Å². The Morgan fingerprint density at radius 2 is 1.17 bits per heavy atom. The molecule has 0 saturated carbocycles. The summed E-state index contributed by atoms with van der Waals surface area (Å²) in [6.45, 7) is 2.37. The number of unbranched alkanes of at least 4 members (excludes halogenated alkanes) is 14. The fourth-order valence-corrected chi connectivity index (χ4v) is 3.90. The molecule has 36 heavy (non-hydrogen) atoms. The van der Waals surface area contributed by atoms with Crippen LogP contribution in [0.2, 0.25) is 0 Å². The maximum Gasteiger partial charge on any atom is 1.00 e. The quantitative estimate of drug-likeness (QED) is 0.0899. The van der Waals surface area contributed by atoms with Crippen molar-refractivity contribution in [2.75, 3.05) is 39.4 Å². The topological polar surface area (TPSA) is 122 Å². The number of hydrogen-bond acceptors (Lipinski definition) is 7. The molecule has 1 N–H and O–H groups in total. The van der Waals surface area contributed by atoms with Crippen molar-refractivity contribution in [3.8, 4) is 0 Å². The summed E-state index contributed by atoms with van der Waals surface area (Å²) in [7, 11) is 0. The van der Waals surface area contributed by atoms with Crippen molar-refractivity contribution in [2.24, 2.45) is 0 Å². The molecule has 0 aromatic rings. The maximum atomic E-state index is 12.0. The van der Waals surface area contributed by atoms with E-state index >= 15 is 0 Å². The zero-order valence-corrected chi connectivity index (χ0v) is 27.5. The molecular formula is C26H48N2Na2O6. The zero-order valence-electron chi connectivity index (χ0n) is 23.5. The summed E-state index contributed by atoms with van der Waals surface area (Å²) < 4.78 is 4.87. The second-order valence-electron chi connectivity index (χ2n) is 9.12. The van der Waals surface area contributed by atoms with Gasteiger partial charge in [0.05, 0.1) is 25.2 Å². The summed E-state index contributed by atoms with van der Waals surface area (Å²) in [6.07, 6.45) is 19.7. The zero-order chi connectivity index (χ0) is 25.3. The minimum Gasteiger partial charge on any atom is -0.549 e. The first-order valence-electron chi connectivity index (χ1n) is 13.4. The summed E-state index contributed by atoms with van der Waals surface area (Å²) in [5, 5.41) is 24.0. The van der Waals surface area contributed by atoms with Crippen LogP contribution in [0.15, 0.2) is 0 Å². The predicted octanol–water partition coefficient (Wildman–Crippen LogP) is -3.81. The molecule has 0 spiro atoms. The van der Waals surface area contributed by atoms with E-state index in [4.69, 9.17) is 4.74 Å². The molecule has 200 valence electrons. The molecule has 0 aliphatic rings. The van der Waals surface area contributed by atoms with Crippen LogP contribution in [0.3, 0.4) is 0 Å². The third kappa shape index (κ3) is 32.4. The van der Waals surface area contributed by atoms with E-state index in [0.717, 1.165) is 19.3 Å². The minimum atomic E-state index is -1.32. The Labute approximate surface area is 263 Å². The SMILES string of the molecule is CCCCCCCCCCCCCCCCCC(=O)NCCN(CCOCC(=O)[O-])CC(=O)[O-].[Na+].[Na+]. The van der Waals surface area contributed by atoms with Gasteiger partial charge in [-0.05, 0) is 6.42 Å². The fraction of sp³-hybridized carbons (Fsp3) is 0.885. The van der Waals surface area contributed by atoms with Gasteiger partial charge in [-0.15, -0.1) is 0 Å². The largest absolute Gasteiger partial charge is 1.00 e. The van der Waals surface area contributed by atoms with Crippen LogP contribution in [-0.2, 0) is 19.1 Å². The van der Waals surface area contributed by atoms with Crippen molar-refractivity contribution >= 4 is 17.8 Å². The van der Waals surface area contributed by atoms with E-state index in [0.29, 0.717) is 19.5 Å². The molecule has 0 aromatic carbocycles. The first-order valence-corrected chi connectivity index (χ1v) is 13.4. The Hall–Kier alpha value is 0.330. The molecule has 0 saturated heterocycles. The summed E-state index contributed by atoms with van der Waals surface area (Å²) in [4.78, 5) is 34.6. The Kier molecular flexibility index (Phi) is 35.8. The van der Waals surface area contributed by atoms with Gasteiger partial charge in [-0.3, -0.25) is 9.69 Å². The van der Waals surface area contributed by atoms with Gasteiger partial charge in [0.25, 0.3) is 0 Å². The first kappa shape index (κ1) is 40.8. The number of nitrogens with one attached hydrogen (secondary N) is 1.